The molecule has 0 saturated heterocycles. The number of benzene rings is 1. The van der Waals surface area contributed by atoms with E-state index >= 15 is 0 Å². The van der Waals surface area contributed by atoms with Gasteiger partial charge in [-0.1, -0.05) is 18.2 Å². The molecule has 0 fully saturated rings. The van der Waals surface area contributed by atoms with Crippen molar-refractivity contribution >= 4 is 11.0 Å². The summed E-state index contributed by atoms with van der Waals surface area (Å²) in [5.41, 5.74) is 2.85. The first-order chi connectivity index (χ1) is 12.1. The Morgan fingerprint density at radius 1 is 1.24 bits per heavy atom. The van der Waals surface area contributed by atoms with Crippen LogP contribution in [0.2, 0.25) is 0 Å². The molecule has 1 N–H and O–H groups in total. The quantitative estimate of drug-likeness (QED) is 0.772. The monoisotopic (exact) mass is 340 g/mol. The Hall–Kier alpha value is -2.15. The summed E-state index contributed by atoms with van der Waals surface area (Å²) < 4.78 is 7.95. The molecule has 0 aliphatic carbocycles. The van der Waals surface area contributed by atoms with Crippen LogP contribution in [-0.2, 0) is 19.6 Å². The molecule has 3 aromatic rings. The Kier molecular flexibility index (Phi) is 4.33. The minimum Gasteiger partial charge on any atom is -0.460 e. The molecular formula is C19H24N4O2. The van der Waals surface area contributed by atoms with Crippen molar-refractivity contribution in [3.8, 4) is 0 Å². The number of nitrogens with zero attached hydrogens (tertiary/aromatic N) is 4. The molecule has 2 aromatic heterocycles. The molecule has 3 heterocycles. The number of rotatable bonds is 5. The molecule has 6 heteroatoms. The molecule has 0 bridgehead atoms. The summed E-state index contributed by atoms with van der Waals surface area (Å²) in [4.78, 5) is 4.33. The molecule has 0 radical (unpaired) electrons. The minimum absolute atomic E-state index is 0.545. The van der Waals surface area contributed by atoms with Crippen molar-refractivity contribution in [2.24, 2.45) is 0 Å². The van der Waals surface area contributed by atoms with Crippen LogP contribution in [0.3, 0.4) is 0 Å². The standard InChI is InChI=1S/C19H24N4O2/c1-21(2)13-18(24)17-10-15-11-22(7-8-23(15)20-17)12-16-9-14-5-3-4-6-19(14)25-16/h3-6,9-10,18,24H,7-8,11-13H2,1-2H3/t18-/m1/s1. The van der Waals surface area contributed by atoms with E-state index in [0.29, 0.717) is 6.54 Å². The molecule has 1 aliphatic rings. The van der Waals surface area contributed by atoms with Crippen LogP contribution in [0.5, 0.6) is 0 Å². The van der Waals surface area contributed by atoms with Crippen LogP contribution in [0.4, 0.5) is 0 Å². The zero-order valence-corrected chi connectivity index (χ0v) is 14.7. The van der Waals surface area contributed by atoms with Gasteiger partial charge in [0, 0.05) is 25.0 Å². The topological polar surface area (TPSA) is 57.7 Å². The summed E-state index contributed by atoms with van der Waals surface area (Å²) in [6.45, 7) is 3.95. The molecule has 1 atom stereocenters. The largest absolute Gasteiger partial charge is 0.460 e. The first-order valence-electron chi connectivity index (χ1n) is 8.68. The lowest BCUT2D eigenvalue weighted by Gasteiger charge is -2.26. The third-order valence-corrected chi connectivity index (χ3v) is 4.63. The van der Waals surface area contributed by atoms with Gasteiger partial charge in [-0.05, 0) is 32.3 Å². The van der Waals surface area contributed by atoms with E-state index in [9.17, 15) is 5.11 Å². The Balaban J connectivity index is 1.46. The van der Waals surface area contributed by atoms with Gasteiger partial charge in [-0.2, -0.15) is 5.10 Å². The first kappa shape index (κ1) is 16.3. The zero-order chi connectivity index (χ0) is 17.4. The van der Waals surface area contributed by atoms with E-state index in [1.54, 1.807) is 0 Å². The van der Waals surface area contributed by atoms with Gasteiger partial charge in [0.05, 0.1) is 24.5 Å². The highest BCUT2D eigenvalue weighted by atomic mass is 16.3. The lowest BCUT2D eigenvalue weighted by Crippen LogP contribution is -2.33. The third kappa shape index (κ3) is 3.46. The van der Waals surface area contributed by atoms with Crippen LogP contribution < -0.4 is 0 Å². The number of para-hydroxylation sites is 1. The third-order valence-electron chi connectivity index (χ3n) is 4.63. The van der Waals surface area contributed by atoms with Crippen molar-refractivity contribution in [1.29, 1.82) is 0 Å². The van der Waals surface area contributed by atoms with Gasteiger partial charge in [-0.15, -0.1) is 0 Å². The average molecular weight is 340 g/mol. The number of aromatic nitrogens is 2. The molecule has 0 spiro atoms. The summed E-state index contributed by atoms with van der Waals surface area (Å²) in [7, 11) is 3.91. The zero-order valence-electron chi connectivity index (χ0n) is 14.7. The van der Waals surface area contributed by atoms with Crippen molar-refractivity contribution in [1.82, 2.24) is 19.6 Å². The van der Waals surface area contributed by atoms with Crippen molar-refractivity contribution in [2.75, 3.05) is 27.2 Å². The van der Waals surface area contributed by atoms with Crippen molar-refractivity contribution < 1.29 is 9.52 Å². The summed E-state index contributed by atoms with van der Waals surface area (Å²) in [6.07, 6.45) is -0.545. The second kappa shape index (κ2) is 6.63. The Morgan fingerprint density at radius 2 is 2.08 bits per heavy atom. The highest BCUT2D eigenvalue weighted by molar-refractivity contribution is 5.77. The van der Waals surface area contributed by atoms with E-state index in [-0.39, 0.29) is 0 Å². The van der Waals surface area contributed by atoms with Crippen LogP contribution in [-0.4, -0.2) is 51.9 Å². The average Bonchev–Trinajstić information content (AvgIpc) is 3.16. The van der Waals surface area contributed by atoms with Gasteiger partial charge in [0.2, 0.25) is 0 Å². The summed E-state index contributed by atoms with van der Waals surface area (Å²) in [5.74, 6) is 0.988. The first-order valence-corrected chi connectivity index (χ1v) is 8.68. The predicted octanol–water partition coefficient (Wildman–Crippen LogP) is 2.24. The molecule has 0 saturated carbocycles. The molecule has 6 nitrogen and oxygen atoms in total. The fourth-order valence-electron chi connectivity index (χ4n) is 3.42. The maximum Gasteiger partial charge on any atom is 0.134 e. The highest BCUT2D eigenvalue weighted by Crippen LogP contribution is 2.23. The number of aliphatic hydroxyl groups is 1. The van der Waals surface area contributed by atoms with E-state index in [1.807, 2.05) is 47.9 Å². The van der Waals surface area contributed by atoms with Gasteiger partial charge >= 0.3 is 0 Å². The van der Waals surface area contributed by atoms with Crippen molar-refractivity contribution in [3.63, 3.8) is 0 Å². The van der Waals surface area contributed by atoms with Crippen molar-refractivity contribution in [3.05, 3.63) is 53.5 Å². The molecular weight excluding hydrogens is 316 g/mol. The normalized spacial score (nSPS) is 16.5. The fourth-order valence-corrected chi connectivity index (χ4v) is 3.42. The van der Waals surface area contributed by atoms with E-state index in [2.05, 4.69) is 22.1 Å². The maximum absolute atomic E-state index is 10.3. The molecule has 1 aromatic carbocycles. The summed E-state index contributed by atoms with van der Waals surface area (Å²) >= 11 is 0. The smallest absolute Gasteiger partial charge is 0.134 e. The Labute approximate surface area is 147 Å². The van der Waals surface area contributed by atoms with Gasteiger partial charge in [0.25, 0.3) is 0 Å². The lowest BCUT2D eigenvalue weighted by molar-refractivity contribution is 0.133. The van der Waals surface area contributed by atoms with Gasteiger partial charge in [0.1, 0.15) is 17.4 Å². The van der Waals surface area contributed by atoms with Crippen LogP contribution in [0, 0.1) is 0 Å². The number of fused-ring (bicyclic) bond motifs is 2. The number of furan rings is 1. The fraction of sp³-hybridized carbons (Fsp3) is 0.421. The molecule has 0 unspecified atom stereocenters. The number of aliphatic hydroxyl groups excluding tert-OH is 1. The van der Waals surface area contributed by atoms with Crippen LogP contribution in [0.25, 0.3) is 11.0 Å². The van der Waals surface area contributed by atoms with E-state index in [0.717, 1.165) is 54.3 Å². The second-order valence-electron chi connectivity index (χ2n) is 7.02. The molecule has 132 valence electrons. The Bertz CT molecular complexity index is 834. The number of likely N-dealkylation sites (N-methyl/N-ethyl adjacent to an activating group) is 1. The highest BCUT2D eigenvalue weighted by Gasteiger charge is 2.22. The molecule has 25 heavy (non-hydrogen) atoms. The molecule has 0 amide bonds. The Morgan fingerprint density at radius 3 is 2.88 bits per heavy atom. The maximum atomic E-state index is 10.3. The van der Waals surface area contributed by atoms with Gasteiger partial charge in [-0.25, -0.2) is 0 Å². The van der Waals surface area contributed by atoms with Gasteiger partial charge < -0.3 is 14.4 Å². The SMILES string of the molecule is CN(C)C[C@@H](O)c1cc2n(n1)CCN(Cc1cc3ccccc3o1)C2. The van der Waals surface area contributed by atoms with Gasteiger partial charge in [0.15, 0.2) is 0 Å². The molecule has 1 aliphatic heterocycles. The van der Waals surface area contributed by atoms with Crippen molar-refractivity contribution in [2.45, 2.75) is 25.7 Å². The summed E-state index contributed by atoms with van der Waals surface area (Å²) in [5, 5.41) is 16.0. The van der Waals surface area contributed by atoms with Crippen LogP contribution in [0.1, 0.15) is 23.3 Å². The van der Waals surface area contributed by atoms with E-state index in [4.69, 9.17) is 4.42 Å². The summed E-state index contributed by atoms with van der Waals surface area (Å²) in [6, 6.07) is 12.2. The van der Waals surface area contributed by atoms with Crippen LogP contribution >= 0.6 is 0 Å². The predicted molar refractivity (Wildman–Crippen MR) is 96.1 cm³/mol. The minimum atomic E-state index is -0.545. The second-order valence-corrected chi connectivity index (χ2v) is 7.02. The van der Waals surface area contributed by atoms with E-state index in [1.165, 1.54) is 0 Å². The number of hydrogen-bond acceptors (Lipinski definition) is 5. The lowest BCUT2D eigenvalue weighted by atomic mass is 10.2. The number of hydrogen-bond donors (Lipinski definition) is 1. The van der Waals surface area contributed by atoms with E-state index < -0.39 is 6.10 Å². The van der Waals surface area contributed by atoms with Gasteiger partial charge in [-0.3, -0.25) is 9.58 Å². The molecule has 4 rings (SSSR count). The van der Waals surface area contributed by atoms with Crippen LogP contribution in [0.15, 0.2) is 40.8 Å².